The van der Waals surface area contributed by atoms with Crippen LogP contribution in [0.1, 0.15) is 26.2 Å². The molecule has 1 N–H and O–H groups in total. The fourth-order valence-corrected chi connectivity index (χ4v) is 1.59. The third-order valence-electron chi connectivity index (χ3n) is 2.74. The summed E-state index contributed by atoms with van der Waals surface area (Å²) in [5, 5.41) is 3.28. The van der Waals surface area contributed by atoms with Crippen LogP contribution < -0.4 is 10.2 Å². The summed E-state index contributed by atoms with van der Waals surface area (Å²) in [6.07, 6.45) is 2.91. The lowest BCUT2D eigenvalue weighted by Gasteiger charge is -2.17. The monoisotopic (exact) mass is 234 g/mol. The predicted molar refractivity (Wildman–Crippen MR) is 72.2 cm³/mol. The third kappa shape index (κ3) is 5.00. The molecule has 94 valence electrons. The molecule has 0 bridgehead atoms. The number of nitrogens with zero attached hydrogens (tertiary/aromatic N) is 1. The number of hydrogen-bond donors (Lipinski definition) is 1. The van der Waals surface area contributed by atoms with Crippen molar-refractivity contribution in [1.29, 1.82) is 0 Å². The van der Waals surface area contributed by atoms with E-state index in [1.165, 1.54) is 12.8 Å². The molecule has 0 aliphatic rings. The molecule has 0 aromatic heterocycles. The molecule has 0 aliphatic heterocycles. The predicted octanol–water partition coefficient (Wildman–Crippen LogP) is 2.43. The van der Waals surface area contributed by atoms with Crippen molar-refractivity contribution in [3.63, 3.8) is 0 Å². The highest BCUT2D eigenvalue weighted by molar-refractivity contribution is 5.92. The quantitative estimate of drug-likeness (QED) is 0.735. The van der Waals surface area contributed by atoms with E-state index in [2.05, 4.69) is 12.2 Å². The molecule has 0 radical (unpaired) electrons. The molecule has 3 heteroatoms. The molecule has 1 aromatic rings. The Morgan fingerprint density at radius 2 is 1.94 bits per heavy atom. The first-order chi connectivity index (χ1) is 8.25. The molecule has 0 saturated carbocycles. The summed E-state index contributed by atoms with van der Waals surface area (Å²) in [5.41, 5.74) is 0.950. The maximum Gasteiger partial charge on any atom is 0.227 e. The number of unbranched alkanes of at least 4 members (excludes halogenated alkanes) is 1. The minimum Gasteiger partial charge on any atom is -0.316 e. The number of carbonyl (C=O) groups excluding carboxylic acids is 1. The van der Waals surface area contributed by atoms with Crippen molar-refractivity contribution in [3.8, 4) is 0 Å². The van der Waals surface area contributed by atoms with Crippen LogP contribution in [0.3, 0.4) is 0 Å². The average Bonchev–Trinajstić information content (AvgIpc) is 2.38. The molecule has 1 amide bonds. The Hall–Kier alpha value is -1.35. The Bertz CT molecular complexity index is 324. The molecular weight excluding hydrogens is 212 g/mol. The number of nitrogens with one attached hydrogen (secondary N) is 1. The minimum atomic E-state index is 0.153. The second-order valence-electron chi connectivity index (χ2n) is 4.14. The van der Waals surface area contributed by atoms with Crippen molar-refractivity contribution < 1.29 is 4.79 Å². The molecule has 3 nitrogen and oxygen atoms in total. The summed E-state index contributed by atoms with van der Waals surface area (Å²) in [5.74, 6) is 0.153. The van der Waals surface area contributed by atoms with Crippen LogP contribution in [-0.2, 0) is 4.79 Å². The lowest BCUT2D eigenvalue weighted by molar-refractivity contribution is -0.118. The van der Waals surface area contributed by atoms with Gasteiger partial charge in [0.15, 0.2) is 0 Å². The van der Waals surface area contributed by atoms with E-state index in [-0.39, 0.29) is 5.91 Å². The Labute approximate surface area is 104 Å². The summed E-state index contributed by atoms with van der Waals surface area (Å²) >= 11 is 0. The summed E-state index contributed by atoms with van der Waals surface area (Å²) in [4.78, 5) is 13.6. The zero-order chi connectivity index (χ0) is 12.5. The molecule has 1 aromatic carbocycles. The van der Waals surface area contributed by atoms with E-state index < -0.39 is 0 Å². The van der Waals surface area contributed by atoms with Crippen LogP contribution in [0.2, 0.25) is 0 Å². The Morgan fingerprint density at radius 1 is 1.24 bits per heavy atom. The van der Waals surface area contributed by atoms with Gasteiger partial charge in [-0.15, -0.1) is 0 Å². The molecule has 0 atom stereocenters. The molecule has 0 heterocycles. The Morgan fingerprint density at radius 3 is 2.59 bits per heavy atom. The lowest BCUT2D eigenvalue weighted by Crippen LogP contribution is -2.29. The van der Waals surface area contributed by atoms with E-state index in [1.807, 2.05) is 37.4 Å². The van der Waals surface area contributed by atoms with Crippen molar-refractivity contribution in [3.05, 3.63) is 30.3 Å². The van der Waals surface area contributed by atoms with Crippen LogP contribution in [0.5, 0.6) is 0 Å². The average molecular weight is 234 g/mol. The fourth-order valence-electron chi connectivity index (χ4n) is 1.59. The largest absolute Gasteiger partial charge is 0.316 e. The van der Waals surface area contributed by atoms with Crippen molar-refractivity contribution in [2.24, 2.45) is 0 Å². The number of anilines is 1. The van der Waals surface area contributed by atoms with Crippen LogP contribution in [0.25, 0.3) is 0 Å². The molecule has 0 aliphatic carbocycles. The maximum absolute atomic E-state index is 11.9. The summed E-state index contributed by atoms with van der Waals surface area (Å²) < 4.78 is 0. The van der Waals surface area contributed by atoms with Gasteiger partial charge in [-0.2, -0.15) is 0 Å². The van der Waals surface area contributed by atoms with E-state index >= 15 is 0 Å². The first-order valence-electron chi connectivity index (χ1n) is 6.28. The molecule has 0 spiro atoms. The number of amides is 1. The summed E-state index contributed by atoms with van der Waals surface area (Å²) in [6, 6.07) is 9.73. The topological polar surface area (TPSA) is 32.3 Å². The van der Waals surface area contributed by atoms with Crippen LogP contribution >= 0.6 is 0 Å². The molecular formula is C14H22N2O. The number of para-hydroxylation sites is 1. The Kier molecular flexibility index (Phi) is 6.33. The molecule has 1 rings (SSSR count). The van der Waals surface area contributed by atoms with Gasteiger partial charge in [-0.05, 0) is 25.1 Å². The van der Waals surface area contributed by atoms with Gasteiger partial charge < -0.3 is 10.2 Å². The summed E-state index contributed by atoms with van der Waals surface area (Å²) in [6.45, 7) is 3.92. The lowest BCUT2D eigenvalue weighted by atomic mass is 10.2. The second kappa shape index (κ2) is 7.85. The fraction of sp³-hybridized carbons (Fsp3) is 0.500. The van der Waals surface area contributed by atoms with Crippen molar-refractivity contribution >= 4 is 11.6 Å². The second-order valence-corrected chi connectivity index (χ2v) is 4.14. The normalized spacial score (nSPS) is 10.2. The van der Waals surface area contributed by atoms with Crippen molar-refractivity contribution in [1.82, 2.24) is 5.32 Å². The highest BCUT2D eigenvalue weighted by Gasteiger charge is 2.09. The van der Waals surface area contributed by atoms with Crippen LogP contribution in [0.15, 0.2) is 30.3 Å². The zero-order valence-electron chi connectivity index (χ0n) is 10.8. The Balaban J connectivity index is 2.28. The third-order valence-corrected chi connectivity index (χ3v) is 2.74. The van der Waals surface area contributed by atoms with Crippen LogP contribution in [-0.4, -0.2) is 26.0 Å². The minimum absolute atomic E-state index is 0.153. The molecule has 0 saturated heterocycles. The van der Waals surface area contributed by atoms with Gasteiger partial charge in [0.2, 0.25) is 5.91 Å². The van der Waals surface area contributed by atoms with Crippen LogP contribution in [0.4, 0.5) is 5.69 Å². The molecule has 0 unspecified atom stereocenters. The summed E-state index contributed by atoms with van der Waals surface area (Å²) in [7, 11) is 1.82. The number of hydrogen-bond acceptors (Lipinski definition) is 2. The highest BCUT2D eigenvalue weighted by atomic mass is 16.2. The smallest absolute Gasteiger partial charge is 0.227 e. The van der Waals surface area contributed by atoms with E-state index in [0.717, 1.165) is 18.8 Å². The van der Waals surface area contributed by atoms with Gasteiger partial charge in [-0.25, -0.2) is 0 Å². The van der Waals surface area contributed by atoms with Crippen molar-refractivity contribution in [2.75, 3.05) is 25.0 Å². The zero-order valence-corrected chi connectivity index (χ0v) is 10.8. The first-order valence-corrected chi connectivity index (χ1v) is 6.28. The van der Waals surface area contributed by atoms with Gasteiger partial charge in [0.1, 0.15) is 0 Å². The van der Waals surface area contributed by atoms with Gasteiger partial charge in [-0.1, -0.05) is 31.5 Å². The van der Waals surface area contributed by atoms with Gasteiger partial charge in [0.05, 0.1) is 0 Å². The first kappa shape index (κ1) is 13.7. The molecule has 17 heavy (non-hydrogen) atoms. The van der Waals surface area contributed by atoms with E-state index in [1.54, 1.807) is 4.90 Å². The van der Waals surface area contributed by atoms with Crippen LogP contribution in [0, 0.1) is 0 Å². The van der Waals surface area contributed by atoms with E-state index in [4.69, 9.17) is 0 Å². The SMILES string of the molecule is CCCCNCCC(=O)N(C)c1ccccc1. The van der Waals surface area contributed by atoms with Gasteiger partial charge >= 0.3 is 0 Å². The number of rotatable bonds is 7. The van der Waals surface area contributed by atoms with E-state index in [9.17, 15) is 4.79 Å². The number of carbonyl (C=O) groups is 1. The van der Waals surface area contributed by atoms with Gasteiger partial charge in [0.25, 0.3) is 0 Å². The van der Waals surface area contributed by atoms with Gasteiger partial charge in [0, 0.05) is 25.7 Å². The van der Waals surface area contributed by atoms with E-state index in [0.29, 0.717) is 6.42 Å². The van der Waals surface area contributed by atoms with Crippen molar-refractivity contribution in [2.45, 2.75) is 26.2 Å². The molecule has 0 fully saturated rings. The number of benzene rings is 1. The standard InChI is InChI=1S/C14H22N2O/c1-3-4-11-15-12-10-14(17)16(2)13-8-6-5-7-9-13/h5-9,15H,3-4,10-12H2,1-2H3. The maximum atomic E-state index is 11.9. The van der Waals surface area contributed by atoms with Gasteiger partial charge in [-0.3, -0.25) is 4.79 Å². The highest BCUT2D eigenvalue weighted by Crippen LogP contribution is 2.11.